The van der Waals surface area contributed by atoms with Crippen molar-refractivity contribution < 1.29 is 9.59 Å². The monoisotopic (exact) mass is 399 g/mol. The van der Waals surface area contributed by atoms with E-state index in [0.717, 1.165) is 17.7 Å². The van der Waals surface area contributed by atoms with Crippen LogP contribution < -0.4 is 10.2 Å². The number of nitrogens with one attached hydrogen (secondary N) is 1. The molecule has 1 saturated heterocycles. The van der Waals surface area contributed by atoms with Gasteiger partial charge in [-0.25, -0.2) is 0 Å². The molecule has 1 N–H and O–H groups in total. The van der Waals surface area contributed by atoms with Gasteiger partial charge in [0.15, 0.2) is 0 Å². The van der Waals surface area contributed by atoms with Gasteiger partial charge in [-0.15, -0.1) is 0 Å². The number of carbonyl (C=O) groups excluding carboxylic acids is 2. The summed E-state index contributed by atoms with van der Waals surface area (Å²) >= 11 is 6.06. The first-order valence-electron chi connectivity index (χ1n) is 9.69. The van der Waals surface area contributed by atoms with E-state index in [4.69, 9.17) is 11.6 Å². The van der Waals surface area contributed by atoms with Crippen molar-refractivity contribution in [3.05, 3.63) is 59.1 Å². The molecule has 0 saturated carbocycles. The summed E-state index contributed by atoms with van der Waals surface area (Å²) in [6.07, 6.45) is 0.965. The van der Waals surface area contributed by atoms with Gasteiger partial charge in [-0.2, -0.15) is 0 Å². The zero-order chi connectivity index (χ0) is 20.1. The molecule has 1 aliphatic rings. The number of hydrogen-bond acceptors (Lipinski definition) is 3. The molecule has 1 fully saturated rings. The van der Waals surface area contributed by atoms with Crippen molar-refractivity contribution >= 4 is 34.8 Å². The Morgan fingerprint density at radius 2 is 1.79 bits per heavy atom. The number of benzene rings is 2. The Morgan fingerprint density at radius 3 is 2.46 bits per heavy atom. The zero-order valence-corrected chi connectivity index (χ0v) is 17.1. The highest BCUT2D eigenvalue weighted by molar-refractivity contribution is 6.39. The van der Waals surface area contributed by atoms with Crippen LogP contribution in [0.25, 0.3) is 0 Å². The summed E-state index contributed by atoms with van der Waals surface area (Å²) in [6, 6.07) is 15.3. The van der Waals surface area contributed by atoms with Gasteiger partial charge in [-0.1, -0.05) is 49.7 Å². The van der Waals surface area contributed by atoms with Crippen LogP contribution in [0.15, 0.2) is 48.5 Å². The first-order valence-corrected chi connectivity index (χ1v) is 10.1. The van der Waals surface area contributed by atoms with Crippen LogP contribution in [0.5, 0.6) is 0 Å². The highest BCUT2D eigenvalue weighted by Gasteiger charge is 2.27. The van der Waals surface area contributed by atoms with Crippen molar-refractivity contribution in [3.8, 4) is 0 Å². The Balaban J connectivity index is 1.60. The van der Waals surface area contributed by atoms with Crippen LogP contribution in [0, 0.1) is 0 Å². The molecule has 5 nitrogen and oxygen atoms in total. The Bertz CT molecular complexity index is 847. The third-order valence-electron chi connectivity index (χ3n) is 5.29. The van der Waals surface area contributed by atoms with Crippen LogP contribution in [0.3, 0.4) is 0 Å². The van der Waals surface area contributed by atoms with Gasteiger partial charge in [0.05, 0.1) is 0 Å². The predicted octanol–water partition coefficient (Wildman–Crippen LogP) is 4.14. The molecule has 2 aromatic carbocycles. The van der Waals surface area contributed by atoms with E-state index in [9.17, 15) is 9.59 Å². The Kier molecular flexibility index (Phi) is 6.57. The van der Waals surface area contributed by atoms with Crippen molar-refractivity contribution in [2.45, 2.75) is 26.2 Å². The maximum Gasteiger partial charge on any atom is 0.313 e. The van der Waals surface area contributed by atoms with Crippen molar-refractivity contribution in [2.75, 3.05) is 36.4 Å². The van der Waals surface area contributed by atoms with Gasteiger partial charge >= 0.3 is 11.8 Å². The number of rotatable bonds is 4. The minimum atomic E-state index is -0.577. The molecule has 0 spiro atoms. The minimum Gasteiger partial charge on any atom is -0.368 e. The molecule has 0 aliphatic carbocycles. The van der Waals surface area contributed by atoms with Gasteiger partial charge in [0.2, 0.25) is 0 Å². The quantitative estimate of drug-likeness (QED) is 0.786. The second-order valence-electron chi connectivity index (χ2n) is 7.11. The number of hydrogen-bond donors (Lipinski definition) is 1. The standard InChI is InChI=1S/C22H26ClN3O2/c1-3-16(2)19-9-4-5-10-20(19)24-21(27)22(28)26-13-11-25(12-14-26)18-8-6-7-17(23)15-18/h4-10,15-16H,3,11-14H2,1-2H3,(H,24,27). The lowest BCUT2D eigenvalue weighted by molar-refractivity contribution is -0.143. The minimum absolute atomic E-state index is 0.313. The average Bonchev–Trinajstić information content (AvgIpc) is 2.73. The second kappa shape index (κ2) is 9.11. The smallest absolute Gasteiger partial charge is 0.313 e. The Hall–Kier alpha value is -2.53. The summed E-state index contributed by atoms with van der Waals surface area (Å²) in [4.78, 5) is 28.9. The number of anilines is 2. The number of nitrogens with zero attached hydrogens (tertiary/aromatic N) is 2. The van der Waals surface area contributed by atoms with Crippen molar-refractivity contribution in [3.63, 3.8) is 0 Å². The van der Waals surface area contributed by atoms with Gasteiger partial charge in [0.1, 0.15) is 0 Å². The molecule has 3 rings (SSSR count). The first-order chi connectivity index (χ1) is 13.5. The molecule has 2 amide bonds. The number of halogens is 1. The molecular formula is C22H26ClN3O2. The molecular weight excluding hydrogens is 374 g/mol. The normalized spacial score (nSPS) is 15.2. The predicted molar refractivity (Wildman–Crippen MR) is 114 cm³/mol. The molecule has 0 bridgehead atoms. The maximum absolute atomic E-state index is 12.6. The molecule has 0 aromatic heterocycles. The van der Waals surface area contributed by atoms with E-state index in [1.54, 1.807) is 4.90 Å². The molecule has 2 aromatic rings. The van der Waals surface area contributed by atoms with E-state index >= 15 is 0 Å². The Labute approximate surface area is 171 Å². The summed E-state index contributed by atoms with van der Waals surface area (Å²) in [5.41, 5.74) is 2.80. The van der Waals surface area contributed by atoms with Crippen LogP contribution in [-0.4, -0.2) is 42.9 Å². The zero-order valence-electron chi connectivity index (χ0n) is 16.3. The molecule has 1 heterocycles. The van der Waals surface area contributed by atoms with Crippen molar-refractivity contribution in [2.24, 2.45) is 0 Å². The summed E-state index contributed by atoms with van der Waals surface area (Å²) in [6.45, 7) is 6.57. The summed E-state index contributed by atoms with van der Waals surface area (Å²) in [7, 11) is 0. The molecule has 1 atom stereocenters. The molecule has 1 unspecified atom stereocenters. The SMILES string of the molecule is CCC(C)c1ccccc1NC(=O)C(=O)N1CCN(c2cccc(Cl)c2)CC1. The summed E-state index contributed by atoms with van der Waals surface area (Å²) in [5.74, 6) is -0.746. The van der Waals surface area contributed by atoms with Gasteiger partial charge in [-0.05, 0) is 42.2 Å². The molecule has 0 radical (unpaired) electrons. The van der Waals surface area contributed by atoms with Crippen LogP contribution >= 0.6 is 11.6 Å². The van der Waals surface area contributed by atoms with Gasteiger partial charge in [0.25, 0.3) is 0 Å². The molecule has 6 heteroatoms. The third kappa shape index (κ3) is 4.65. The lowest BCUT2D eigenvalue weighted by atomic mass is 9.97. The second-order valence-corrected chi connectivity index (χ2v) is 7.55. The van der Waals surface area contributed by atoms with E-state index in [1.807, 2.05) is 48.5 Å². The van der Waals surface area contributed by atoms with E-state index in [-0.39, 0.29) is 0 Å². The van der Waals surface area contributed by atoms with E-state index in [2.05, 4.69) is 24.1 Å². The highest BCUT2D eigenvalue weighted by atomic mass is 35.5. The lowest BCUT2D eigenvalue weighted by Gasteiger charge is -2.35. The van der Waals surface area contributed by atoms with E-state index < -0.39 is 11.8 Å². The summed E-state index contributed by atoms with van der Waals surface area (Å²) in [5, 5.41) is 3.50. The summed E-state index contributed by atoms with van der Waals surface area (Å²) < 4.78 is 0. The van der Waals surface area contributed by atoms with Gasteiger partial charge < -0.3 is 15.1 Å². The van der Waals surface area contributed by atoms with Crippen molar-refractivity contribution in [1.29, 1.82) is 0 Å². The molecule has 28 heavy (non-hydrogen) atoms. The third-order valence-corrected chi connectivity index (χ3v) is 5.52. The van der Waals surface area contributed by atoms with E-state index in [0.29, 0.717) is 42.8 Å². The Morgan fingerprint density at radius 1 is 1.07 bits per heavy atom. The van der Waals surface area contributed by atoms with Crippen molar-refractivity contribution in [1.82, 2.24) is 4.90 Å². The van der Waals surface area contributed by atoms with Crippen LogP contribution in [0.4, 0.5) is 11.4 Å². The largest absolute Gasteiger partial charge is 0.368 e. The van der Waals surface area contributed by atoms with Crippen LogP contribution in [-0.2, 0) is 9.59 Å². The number of piperazine rings is 1. The number of carbonyl (C=O) groups is 2. The van der Waals surface area contributed by atoms with Crippen LogP contribution in [0.2, 0.25) is 5.02 Å². The van der Waals surface area contributed by atoms with E-state index in [1.165, 1.54) is 0 Å². The lowest BCUT2D eigenvalue weighted by Crippen LogP contribution is -2.51. The first kappa shape index (κ1) is 20.2. The number of amides is 2. The van der Waals surface area contributed by atoms with Gasteiger partial charge in [0, 0.05) is 42.6 Å². The average molecular weight is 400 g/mol. The fourth-order valence-electron chi connectivity index (χ4n) is 3.42. The topological polar surface area (TPSA) is 52.7 Å². The maximum atomic E-state index is 12.6. The van der Waals surface area contributed by atoms with Crippen LogP contribution in [0.1, 0.15) is 31.7 Å². The highest BCUT2D eigenvalue weighted by Crippen LogP contribution is 2.26. The van der Waals surface area contributed by atoms with Gasteiger partial charge in [-0.3, -0.25) is 9.59 Å². The molecule has 148 valence electrons. The fraction of sp³-hybridized carbons (Fsp3) is 0.364. The molecule has 1 aliphatic heterocycles. The number of para-hydroxylation sites is 1. The fourth-order valence-corrected chi connectivity index (χ4v) is 3.60.